The molecule has 0 aliphatic heterocycles. The second-order valence-corrected chi connectivity index (χ2v) is 7.71. The summed E-state index contributed by atoms with van der Waals surface area (Å²) in [5, 5.41) is 5.28. The third-order valence-electron chi connectivity index (χ3n) is 4.52. The van der Waals surface area contributed by atoms with E-state index in [1.54, 1.807) is 23.7 Å². The number of halogens is 1. The van der Waals surface area contributed by atoms with Gasteiger partial charge in [0, 0.05) is 16.6 Å². The first-order chi connectivity index (χ1) is 12.7. The molecule has 3 aromatic rings. The van der Waals surface area contributed by atoms with Gasteiger partial charge < -0.3 is 10.1 Å². The normalized spacial score (nSPS) is 15.1. The lowest BCUT2D eigenvalue weighted by Gasteiger charge is -2.24. The number of thiophene rings is 1. The van der Waals surface area contributed by atoms with Crippen LogP contribution in [0.5, 0.6) is 5.75 Å². The van der Waals surface area contributed by atoms with Crippen LogP contribution in [0, 0.1) is 0 Å². The van der Waals surface area contributed by atoms with E-state index in [0.717, 1.165) is 17.5 Å². The predicted octanol–water partition coefficient (Wildman–Crippen LogP) is 5.31. The molecule has 134 valence electrons. The van der Waals surface area contributed by atoms with Crippen molar-refractivity contribution in [3.05, 3.63) is 46.7 Å². The first kappa shape index (κ1) is 17.2. The van der Waals surface area contributed by atoms with Crippen molar-refractivity contribution in [2.24, 2.45) is 0 Å². The maximum atomic E-state index is 12.8. The van der Waals surface area contributed by atoms with Gasteiger partial charge in [-0.15, -0.1) is 11.3 Å². The largest absolute Gasteiger partial charge is 0.488 e. The molecule has 0 bridgehead atoms. The Labute approximate surface area is 160 Å². The second-order valence-electron chi connectivity index (χ2n) is 6.36. The van der Waals surface area contributed by atoms with E-state index in [2.05, 4.69) is 15.3 Å². The van der Waals surface area contributed by atoms with Crippen molar-refractivity contribution in [2.75, 3.05) is 5.32 Å². The van der Waals surface area contributed by atoms with Gasteiger partial charge >= 0.3 is 0 Å². The molecule has 1 aromatic carbocycles. The van der Waals surface area contributed by atoms with Gasteiger partial charge in [-0.2, -0.15) is 0 Å². The summed E-state index contributed by atoms with van der Waals surface area (Å²) < 4.78 is 7.03. The summed E-state index contributed by atoms with van der Waals surface area (Å²) >= 11 is 7.58. The van der Waals surface area contributed by atoms with E-state index in [0.29, 0.717) is 27.5 Å². The van der Waals surface area contributed by atoms with Crippen LogP contribution in [0.25, 0.3) is 10.2 Å². The minimum Gasteiger partial charge on any atom is -0.488 e. The number of hydrogen-bond acceptors (Lipinski definition) is 5. The fourth-order valence-corrected chi connectivity index (χ4v) is 4.23. The number of hydrogen-bond donors (Lipinski definition) is 1. The molecular weight excluding hydrogens is 370 g/mol. The van der Waals surface area contributed by atoms with Crippen LogP contribution in [0.3, 0.4) is 0 Å². The number of amides is 1. The van der Waals surface area contributed by atoms with E-state index in [9.17, 15) is 4.79 Å². The smallest absolute Gasteiger partial charge is 0.258 e. The standard InChI is InChI=1S/C19H18ClN3O2S/c20-12-6-7-16(25-13-4-2-1-3-5-13)15(8-12)23-19(24)14-10-26-17-9-21-11-22-18(14)17/h6-11,13H,1-5H2,(H,23,24). The van der Waals surface area contributed by atoms with Crippen LogP contribution in [-0.2, 0) is 0 Å². The van der Waals surface area contributed by atoms with Gasteiger partial charge in [-0.3, -0.25) is 4.79 Å². The lowest BCUT2D eigenvalue weighted by atomic mass is 9.98. The van der Waals surface area contributed by atoms with Crippen LogP contribution in [-0.4, -0.2) is 22.0 Å². The van der Waals surface area contributed by atoms with Crippen LogP contribution >= 0.6 is 22.9 Å². The Balaban J connectivity index is 1.58. The number of carbonyl (C=O) groups excluding carboxylic acids is 1. The summed E-state index contributed by atoms with van der Waals surface area (Å²) in [5.74, 6) is 0.425. The van der Waals surface area contributed by atoms with Crippen molar-refractivity contribution in [1.82, 2.24) is 9.97 Å². The topological polar surface area (TPSA) is 64.1 Å². The van der Waals surface area contributed by atoms with Gasteiger partial charge in [0.05, 0.1) is 27.6 Å². The number of ether oxygens (including phenoxy) is 1. The van der Waals surface area contributed by atoms with Crippen molar-refractivity contribution in [3.63, 3.8) is 0 Å². The zero-order valence-corrected chi connectivity index (χ0v) is 15.6. The fraction of sp³-hybridized carbons (Fsp3) is 0.316. The summed E-state index contributed by atoms with van der Waals surface area (Å²) in [7, 11) is 0. The minimum absolute atomic E-state index is 0.190. The van der Waals surface area contributed by atoms with Crippen LogP contribution in [0.15, 0.2) is 36.1 Å². The van der Waals surface area contributed by atoms with Crippen LogP contribution in [0.4, 0.5) is 5.69 Å². The van der Waals surface area contributed by atoms with Crippen molar-refractivity contribution in [3.8, 4) is 5.75 Å². The van der Waals surface area contributed by atoms with Crippen LogP contribution < -0.4 is 10.1 Å². The van der Waals surface area contributed by atoms with Crippen molar-refractivity contribution in [1.29, 1.82) is 0 Å². The van der Waals surface area contributed by atoms with Gasteiger partial charge in [-0.05, 0) is 43.9 Å². The number of anilines is 1. The average molecular weight is 388 g/mol. The highest BCUT2D eigenvalue weighted by atomic mass is 35.5. The number of aromatic nitrogens is 2. The monoisotopic (exact) mass is 387 g/mol. The molecule has 0 atom stereocenters. The quantitative estimate of drug-likeness (QED) is 0.659. The van der Waals surface area contributed by atoms with E-state index in [1.807, 2.05) is 6.07 Å². The molecule has 7 heteroatoms. The number of nitrogens with one attached hydrogen (secondary N) is 1. The summed E-state index contributed by atoms with van der Waals surface area (Å²) in [6, 6.07) is 5.32. The van der Waals surface area contributed by atoms with Gasteiger partial charge in [0.15, 0.2) is 0 Å². The number of rotatable bonds is 4. The molecule has 1 fully saturated rings. The summed E-state index contributed by atoms with van der Waals surface area (Å²) in [4.78, 5) is 21.0. The molecule has 2 heterocycles. The first-order valence-electron chi connectivity index (χ1n) is 8.65. The number of benzene rings is 1. The maximum absolute atomic E-state index is 12.8. The molecule has 1 aliphatic carbocycles. The molecule has 4 rings (SSSR count). The predicted molar refractivity (Wildman–Crippen MR) is 104 cm³/mol. The Morgan fingerprint density at radius 1 is 1.27 bits per heavy atom. The Kier molecular flexibility index (Phi) is 5.04. The molecular formula is C19H18ClN3O2S. The fourth-order valence-electron chi connectivity index (χ4n) is 3.20. The van der Waals surface area contributed by atoms with Gasteiger partial charge in [0.2, 0.25) is 0 Å². The Morgan fingerprint density at radius 2 is 2.12 bits per heavy atom. The first-order valence-corrected chi connectivity index (χ1v) is 9.91. The Bertz CT molecular complexity index is 937. The molecule has 0 saturated heterocycles. The van der Waals surface area contributed by atoms with Gasteiger partial charge in [-0.25, -0.2) is 9.97 Å². The summed E-state index contributed by atoms with van der Waals surface area (Å²) in [6.45, 7) is 0. The van der Waals surface area contributed by atoms with Gasteiger partial charge in [0.1, 0.15) is 12.1 Å². The Morgan fingerprint density at radius 3 is 2.96 bits per heavy atom. The number of fused-ring (bicyclic) bond motifs is 1. The third-order valence-corrected chi connectivity index (χ3v) is 5.66. The SMILES string of the molecule is O=C(Nc1cc(Cl)ccc1OC1CCCCC1)c1csc2cncnc12. The molecule has 1 saturated carbocycles. The van der Waals surface area contributed by atoms with E-state index >= 15 is 0 Å². The highest BCUT2D eigenvalue weighted by Gasteiger charge is 2.19. The average Bonchev–Trinajstić information content (AvgIpc) is 3.09. The highest BCUT2D eigenvalue weighted by Crippen LogP contribution is 2.33. The van der Waals surface area contributed by atoms with Gasteiger partial charge in [0.25, 0.3) is 5.91 Å². The number of nitrogens with zero attached hydrogens (tertiary/aromatic N) is 2. The third kappa shape index (κ3) is 3.66. The molecule has 0 radical (unpaired) electrons. The zero-order chi connectivity index (χ0) is 17.9. The molecule has 26 heavy (non-hydrogen) atoms. The Hall–Kier alpha value is -2.18. The molecule has 0 unspecified atom stereocenters. The lowest BCUT2D eigenvalue weighted by Crippen LogP contribution is -2.21. The van der Waals surface area contributed by atoms with Crippen molar-refractivity contribution < 1.29 is 9.53 Å². The highest BCUT2D eigenvalue weighted by molar-refractivity contribution is 7.17. The second kappa shape index (κ2) is 7.60. The summed E-state index contributed by atoms with van der Waals surface area (Å²) in [6.07, 6.45) is 9.06. The van der Waals surface area contributed by atoms with E-state index < -0.39 is 0 Å². The van der Waals surface area contributed by atoms with Crippen LogP contribution in [0.2, 0.25) is 5.02 Å². The maximum Gasteiger partial charge on any atom is 0.258 e. The van der Waals surface area contributed by atoms with Crippen molar-refractivity contribution >= 4 is 44.7 Å². The van der Waals surface area contributed by atoms with Gasteiger partial charge in [-0.1, -0.05) is 18.0 Å². The van der Waals surface area contributed by atoms with E-state index in [1.165, 1.54) is 36.9 Å². The summed E-state index contributed by atoms with van der Waals surface area (Å²) in [5.41, 5.74) is 1.76. The molecule has 2 aromatic heterocycles. The zero-order valence-electron chi connectivity index (χ0n) is 14.1. The minimum atomic E-state index is -0.231. The molecule has 1 aliphatic rings. The lowest BCUT2D eigenvalue weighted by molar-refractivity contribution is 0.102. The van der Waals surface area contributed by atoms with E-state index in [4.69, 9.17) is 16.3 Å². The molecule has 5 nitrogen and oxygen atoms in total. The van der Waals surface area contributed by atoms with E-state index in [-0.39, 0.29) is 12.0 Å². The van der Waals surface area contributed by atoms with Crippen molar-refractivity contribution in [2.45, 2.75) is 38.2 Å². The molecule has 0 spiro atoms. The number of carbonyl (C=O) groups is 1. The van der Waals surface area contributed by atoms with Crippen LogP contribution in [0.1, 0.15) is 42.5 Å². The molecule has 1 N–H and O–H groups in total. The molecule has 1 amide bonds.